The van der Waals surface area contributed by atoms with Crippen LogP contribution in [0.1, 0.15) is 0 Å². The second-order valence-corrected chi connectivity index (χ2v) is 12.5. The van der Waals surface area contributed by atoms with Gasteiger partial charge in [0.15, 0.2) is 5.82 Å². The molecule has 0 amide bonds. The Morgan fingerprint density at radius 3 is 1.02 bits per heavy atom. The van der Waals surface area contributed by atoms with Crippen LogP contribution in [0.4, 0.5) is 0 Å². The third kappa shape index (κ3) is 4.37. The Hall–Kier alpha value is -6.85. The van der Waals surface area contributed by atoms with Crippen molar-refractivity contribution in [1.82, 2.24) is 24.1 Å². The van der Waals surface area contributed by atoms with Crippen LogP contribution < -0.4 is 0 Å². The van der Waals surface area contributed by atoms with Gasteiger partial charge in [-0.25, -0.2) is 0 Å². The summed E-state index contributed by atoms with van der Waals surface area (Å²) in [5, 5.41) is 4.60. The fraction of sp³-hybridized carbons (Fsp3) is 0. The highest BCUT2D eigenvalue weighted by Crippen LogP contribution is 2.40. The maximum Gasteiger partial charge on any atom is 0.240 e. The summed E-state index contributed by atoms with van der Waals surface area (Å²) in [5.74, 6) is 1.73. The number of aromatic nitrogens is 5. The van der Waals surface area contributed by atoms with E-state index in [1.807, 2.05) is 12.1 Å². The molecule has 0 unspecified atom stereocenters. The lowest BCUT2D eigenvalue weighted by Crippen LogP contribution is -2.11. The van der Waals surface area contributed by atoms with E-state index in [0.29, 0.717) is 17.7 Å². The number of para-hydroxylation sites is 4. The van der Waals surface area contributed by atoms with Gasteiger partial charge >= 0.3 is 0 Å². The molecule has 0 aliphatic carbocycles. The van der Waals surface area contributed by atoms with Crippen LogP contribution in [-0.4, -0.2) is 24.1 Å². The molecule has 3 heterocycles. The fourth-order valence-corrected chi connectivity index (χ4v) is 7.45. The Balaban J connectivity index is 1.37. The van der Waals surface area contributed by atoms with Crippen LogP contribution in [-0.2, 0) is 0 Å². The first kappa shape index (κ1) is 28.2. The molecule has 0 saturated carbocycles. The van der Waals surface area contributed by atoms with Gasteiger partial charge in [0.2, 0.25) is 11.9 Å². The highest BCUT2D eigenvalue weighted by molar-refractivity contribution is 6.10. The van der Waals surface area contributed by atoms with Crippen molar-refractivity contribution in [2.24, 2.45) is 0 Å². The van der Waals surface area contributed by atoms with Crippen molar-refractivity contribution in [3.05, 3.63) is 176 Å². The highest BCUT2D eigenvalue weighted by atomic mass is 15.3. The summed E-state index contributed by atoms with van der Waals surface area (Å²) >= 11 is 0. The third-order valence-electron chi connectivity index (χ3n) is 9.63. The molecule has 234 valence electrons. The maximum absolute atomic E-state index is 5.42. The van der Waals surface area contributed by atoms with Crippen LogP contribution in [0.25, 0.3) is 89.2 Å². The van der Waals surface area contributed by atoms with Gasteiger partial charge in [0.05, 0.1) is 22.1 Å². The van der Waals surface area contributed by atoms with E-state index in [1.165, 1.54) is 0 Å². The SMILES string of the molecule is c1ccc(-c2cccc(-c3ccccc3)c2-c2nc(-n3c4ccccc4c4ccccc43)nc(-n3c4ccccc4c4ccccc43)n2)cc1. The van der Waals surface area contributed by atoms with Crippen molar-refractivity contribution in [1.29, 1.82) is 0 Å². The van der Waals surface area contributed by atoms with Crippen LogP contribution in [0.15, 0.2) is 176 Å². The van der Waals surface area contributed by atoms with Crippen molar-refractivity contribution in [3.63, 3.8) is 0 Å². The van der Waals surface area contributed by atoms with E-state index < -0.39 is 0 Å². The monoisotopic (exact) mass is 639 g/mol. The summed E-state index contributed by atoms with van der Waals surface area (Å²) in [6.45, 7) is 0. The number of rotatable bonds is 5. The average molecular weight is 640 g/mol. The zero-order chi connectivity index (χ0) is 33.0. The molecule has 3 aromatic heterocycles. The van der Waals surface area contributed by atoms with E-state index in [4.69, 9.17) is 15.0 Å². The molecule has 0 N–H and O–H groups in total. The van der Waals surface area contributed by atoms with Crippen molar-refractivity contribution >= 4 is 43.6 Å². The van der Waals surface area contributed by atoms with Gasteiger partial charge in [0.1, 0.15) is 0 Å². The van der Waals surface area contributed by atoms with Gasteiger partial charge in [-0.1, -0.05) is 152 Å². The molecule has 0 radical (unpaired) electrons. The predicted molar refractivity (Wildman–Crippen MR) is 205 cm³/mol. The minimum atomic E-state index is 0.561. The van der Waals surface area contributed by atoms with Gasteiger partial charge in [0.25, 0.3) is 0 Å². The quantitative estimate of drug-likeness (QED) is 0.188. The van der Waals surface area contributed by atoms with Crippen LogP contribution >= 0.6 is 0 Å². The molecule has 0 bridgehead atoms. The Kier molecular flexibility index (Phi) is 6.42. The Labute approximate surface area is 288 Å². The van der Waals surface area contributed by atoms with Gasteiger partial charge in [-0.2, -0.15) is 15.0 Å². The van der Waals surface area contributed by atoms with E-state index in [2.05, 4.69) is 173 Å². The highest BCUT2D eigenvalue weighted by Gasteiger charge is 2.23. The Bertz CT molecular complexity index is 2570. The summed E-state index contributed by atoms with van der Waals surface area (Å²) in [6, 6.07) is 61.4. The first-order valence-corrected chi connectivity index (χ1v) is 16.8. The molecule has 5 nitrogen and oxygen atoms in total. The van der Waals surface area contributed by atoms with Crippen LogP contribution in [0, 0.1) is 0 Å². The van der Waals surface area contributed by atoms with Crippen LogP contribution in [0.5, 0.6) is 0 Å². The number of fused-ring (bicyclic) bond motifs is 6. The topological polar surface area (TPSA) is 48.5 Å². The molecule has 7 aromatic carbocycles. The van der Waals surface area contributed by atoms with Crippen LogP contribution in [0.2, 0.25) is 0 Å². The van der Waals surface area contributed by atoms with Gasteiger partial charge < -0.3 is 0 Å². The normalized spacial score (nSPS) is 11.6. The minimum absolute atomic E-state index is 0.561. The molecule has 0 fully saturated rings. The van der Waals surface area contributed by atoms with Crippen LogP contribution in [0.3, 0.4) is 0 Å². The van der Waals surface area contributed by atoms with Crippen molar-refractivity contribution in [3.8, 4) is 45.5 Å². The van der Waals surface area contributed by atoms with E-state index >= 15 is 0 Å². The molecule has 0 aliphatic heterocycles. The van der Waals surface area contributed by atoms with Crippen molar-refractivity contribution in [2.75, 3.05) is 0 Å². The second kappa shape index (κ2) is 11.4. The Morgan fingerprint density at radius 2 is 0.640 bits per heavy atom. The number of hydrogen-bond donors (Lipinski definition) is 0. The van der Waals surface area contributed by atoms with E-state index in [-0.39, 0.29) is 0 Å². The molecule has 50 heavy (non-hydrogen) atoms. The lowest BCUT2D eigenvalue weighted by atomic mass is 9.91. The molecule has 0 saturated heterocycles. The Morgan fingerprint density at radius 1 is 0.300 bits per heavy atom. The standard InChI is InChI=1S/C45H29N5/c1-3-16-30(17-4-1)32-24-15-25-33(31-18-5-2-6-19-31)42(32)43-46-44(49-38-26-11-7-20-34(38)35-21-8-12-27-39(35)49)48-45(47-43)50-40-28-13-9-22-36(40)37-23-10-14-29-41(37)50/h1-29H. The maximum atomic E-state index is 5.42. The largest absolute Gasteiger partial charge is 0.278 e. The molecule has 0 aliphatic rings. The summed E-state index contributed by atoms with van der Waals surface area (Å²) in [7, 11) is 0. The van der Waals surface area contributed by atoms with Gasteiger partial charge in [-0.05, 0) is 46.5 Å². The lowest BCUT2D eigenvalue weighted by Gasteiger charge is -2.17. The minimum Gasteiger partial charge on any atom is -0.278 e. The fourth-order valence-electron chi connectivity index (χ4n) is 7.45. The summed E-state index contributed by atoms with van der Waals surface area (Å²) in [6.07, 6.45) is 0. The predicted octanol–water partition coefficient (Wildman–Crippen LogP) is 11.1. The smallest absolute Gasteiger partial charge is 0.240 e. The molecule has 10 aromatic rings. The van der Waals surface area contributed by atoms with Gasteiger partial charge in [-0.15, -0.1) is 0 Å². The number of nitrogens with zero attached hydrogens (tertiary/aromatic N) is 5. The first-order chi connectivity index (χ1) is 24.8. The molecule has 0 atom stereocenters. The van der Waals surface area contributed by atoms with E-state index in [1.54, 1.807) is 0 Å². The number of hydrogen-bond acceptors (Lipinski definition) is 3. The first-order valence-electron chi connectivity index (χ1n) is 16.8. The van der Waals surface area contributed by atoms with Crippen molar-refractivity contribution in [2.45, 2.75) is 0 Å². The van der Waals surface area contributed by atoms with E-state index in [0.717, 1.165) is 71.4 Å². The summed E-state index contributed by atoms with van der Waals surface area (Å²) < 4.78 is 4.36. The number of benzene rings is 7. The average Bonchev–Trinajstić information content (AvgIpc) is 3.71. The summed E-state index contributed by atoms with van der Waals surface area (Å²) in [5.41, 5.74) is 9.42. The summed E-state index contributed by atoms with van der Waals surface area (Å²) in [4.78, 5) is 16.2. The van der Waals surface area contributed by atoms with Gasteiger partial charge in [-0.3, -0.25) is 9.13 Å². The third-order valence-corrected chi connectivity index (χ3v) is 9.63. The second-order valence-electron chi connectivity index (χ2n) is 12.5. The van der Waals surface area contributed by atoms with Gasteiger partial charge in [0, 0.05) is 27.1 Å². The lowest BCUT2D eigenvalue weighted by molar-refractivity contribution is 0.893. The zero-order valence-corrected chi connectivity index (χ0v) is 27.0. The molecule has 10 rings (SSSR count). The molecule has 5 heteroatoms. The zero-order valence-electron chi connectivity index (χ0n) is 27.0. The molecule has 0 spiro atoms. The molecular weight excluding hydrogens is 611 g/mol. The van der Waals surface area contributed by atoms with Crippen molar-refractivity contribution < 1.29 is 0 Å². The molecular formula is C45H29N5. The van der Waals surface area contributed by atoms with E-state index in [9.17, 15) is 0 Å².